The van der Waals surface area contributed by atoms with E-state index in [0.717, 1.165) is 22.8 Å². The van der Waals surface area contributed by atoms with Crippen LogP contribution in [0.3, 0.4) is 0 Å². The standard InChI is InChI=1S/C14H14N6OS/c1-3-11-18-20-14(22-11)16-13(21)10-6-4-5-9(7-10)12-15-8(2)17-19-12/h4-7H,3H2,1-2H3,(H,15,17,19)(H,16,20,21). The van der Waals surface area contributed by atoms with E-state index < -0.39 is 0 Å². The van der Waals surface area contributed by atoms with Crippen molar-refractivity contribution in [3.63, 3.8) is 0 Å². The molecule has 0 atom stereocenters. The second-order valence-electron chi connectivity index (χ2n) is 4.63. The molecule has 0 unspecified atom stereocenters. The van der Waals surface area contributed by atoms with E-state index in [9.17, 15) is 4.79 Å². The van der Waals surface area contributed by atoms with Crippen LogP contribution < -0.4 is 5.32 Å². The number of hydrogen-bond acceptors (Lipinski definition) is 6. The van der Waals surface area contributed by atoms with Gasteiger partial charge in [0, 0.05) is 11.1 Å². The first kappa shape index (κ1) is 14.3. The van der Waals surface area contributed by atoms with Crippen LogP contribution in [0.1, 0.15) is 28.1 Å². The summed E-state index contributed by atoms with van der Waals surface area (Å²) >= 11 is 1.38. The van der Waals surface area contributed by atoms with Crippen molar-refractivity contribution in [1.29, 1.82) is 0 Å². The lowest BCUT2D eigenvalue weighted by Crippen LogP contribution is -2.11. The molecule has 22 heavy (non-hydrogen) atoms. The van der Waals surface area contributed by atoms with Crippen molar-refractivity contribution in [2.45, 2.75) is 20.3 Å². The zero-order valence-corrected chi connectivity index (χ0v) is 12.9. The van der Waals surface area contributed by atoms with Crippen molar-refractivity contribution in [2.75, 3.05) is 5.32 Å². The van der Waals surface area contributed by atoms with Gasteiger partial charge in [0.25, 0.3) is 5.91 Å². The SMILES string of the molecule is CCc1nnc(NC(=O)c2cccc(-c3n[nH]c(C)n3)c2)s1. The summed E-state index contributed by atoms with van der Waals surface area (Å²) in [5.41, 5.74) is 1.30. The van der Waals surface area contributed by atoms with Gasteiger partial charge in [-0.1, -0.05) is 30.4 Å². The fourth-order valence-corrected chi connectivity index (χ4v) is 2.56. The quantitative estimate of drug-likeness (QED) is 0.771. The predicted octanol–water partition coefficient (Wildman–Crippen LogP) is 2.45. The second kappa shape index (κ2) is 6.02. The Hall–Kier alpha value is -2.61. The number of anilines is 1. The van der Waals surface area contributed by atoms with Crippen LogP contribution in [0, 0.1) is 6.92 Å². The Morgan fingerprint density at radius 1 is 1.36 bits per heavy atom. The molecule has 1 amide bonds. The molecule has 0 radical (unpaired) electrons. The van der Waals surface area contributed by atoms with Crippen molar-refractivity contribution in [2.24, 2.45) is 0 Å². The van der Waals surface area contributed by atoms with Gasteiger partial charge in [0.2, 0.25) is 5.13 Å². The van der Waals surface area contributed by atoms with E-state index in [4.69, 9.17) is 0 Å². The minimum Gasteiger partial charge on any atom is -0.296 e. The molecule has 2 heterocycles. The molecule has 1 aromatic carbocycles. The molecule has 0 aliphatic rings. The summed E-state index contributed by atoms with van der Waals surface area (Å²) in [6, 6.07) is 7.15. The molecule has 0 spiro atoms. The van der Waals surface area contributed by atoms with Gasteiger partial charge in [0.1, 0.15) is 10.8 Å². The number of rotatable bonds is 4. The maximum atomic E-state index is 12.3. The minimum absolute atomic E-state index is 0.229. The number of aromatic nitrogens is 5. The second-order valence-corrected chi connectivity index (χ2v) is 5.70. The molecule has 0 aliphatic carbocycles. The molecule has 112 valence electrons. The van der Waals surface area contributed by atoms with Crippen LogP contribution in [0.15, 0.2) is 24.3 Å². The highest BCUT2D eigenvalue weighted by Crippen LogP contribution is 2.19. The molecule has 0 saturated carbocycles. The number of nitrogens with one attached hydrogen (secondary N) is 2. The first-order valence-corrected chi connectivity index (χ1v) is 7.60. The average molecular weight is 314 g/mol. The molecule has 3 rings (SSSR count). The number of hydrogen-bond donors (Lipinski definition) is 2. The van der Waals surface area contributed by atoms with Gasteiger partial charge in [-0.15, -0.1) is 10.2 Å². The van der Waals surface area contributed by atoms with E-state index in [-0.39, 0.29) is 5.91 Å². The summed E-state index contributed by atoms with van der Waals surface area (Å²) < 4.78 is 0. The van der Waals surface area contributed by atoms with Crippen molar-refractivity contribution >= 4 is 22.4 Å². The maximum absolute atomic E-state index is 12.3. The summed E-state index contributed by atoms with van der Waals surface area (Å²) in [6.45, 7) is 3.82. The van der Waals surface area contributed by atoms with Crippen molar-refractivity contribution < 1.29 is 4.79 Å². The van der Waals surface area contributed by atoms with Gasteiger partial charge in [-0.3, -0.25) is 15.2 Å². The van der Waals surface area contributed by atoms with Crippen LogP contribution in [-0.4, -0.2) is 31.3 Å². The van der Waals surface area contributed by atoms with E-state index in [1.165, 1.54) is 11.3 Å². The summed E-state index contributed by atoms with van der Waals surface area (Å²) in [6.07, 6.45) is 0.799. The molecule has 8 heteroatoms. The third-order valence-electron chi connectivity index (χ3n) is 2.97. The molecule has 0 aliphatic heterocycles. The Kier molecular flexibility index (Phi) is 3.92. The number of carbonyl (C=O) groups is 1. The van der Waals surface area contributed by atoms with Crippen LogP contribution in [-0.2, 0) is 6.42 Å². The van der Waals surface area contributed by atoms with Crippen LogP contribution in [0.2, 0.25) is 0 Å². The summed E-state index contributed by atoms with van der Waals surface area (Å²) in [5, 5.41) is 18.9. The minimum atomic E-state index is -0.229. The third-order valence-corrected chi connectivity index (χ3v) is 3.95. The van der Waals surface area contributed by atoms with Crippen molar-refractivity contribution in [3.8, 4) is 11.4 Å². The van der Waals surface area contributed by atoms with E-state index in [2.05, 4.69) is 30.7 Å². The Balaban J connectivity index is 1.80. The Morgan fingerprint density at radius 3 is 2.91 bits per heavy atom. The van der Waals surface area contributed by atoms with Gasteiger partial charge in [-0.05, 0) is 25.5 Å². The van der Waals surface area contributed by atoms with Crippen molar-refractivity contribution in [1.82, 2.24) is 25.4 Å². The van der Waals surface area contributed by atoms with Crippen LogP contribution in [0.5, 0.6) is 0 Å². The Labute approximate surface area is 130 Å². The Morgan fingerprint density at radius 2 is 2.23 bits per heavy atom. The fourth-order valence-electron chi connectivity index (χ4n) is 1.89. The lowest BCUT2D eigenvalue weighted by molar-refractivity contribution is 0.102. The maximum Gasteiger partial charge on any atom is 0.257 e. The summed E-state index contributed by atoms with van der Waals surface area (Å²) in [7, 11) is 0. The molecule has 2 N–H and O–H groups in total. The molecule has 3 aromatic rings. The van der Waals surface area contributed by atoms with Crippen LogP contribution in [0.25, 0.3) is 11.4 Å². The van der Waals surface area contributed by atoms with Gasteiger partial charge < -0.3 is 0 Å². The van der Waals surface area contributed by atoms with Gasteiger partial charge in [0.15, 0.2) is 5.82 Å². The fraction of sp³-hybridized carbons (Fsp3) is 0.214. The highest BCUT2D eigenvalue weighted by atomic mass is 32.1. The topological polar surface area (TPSA) is 96.5 Å². The van der Waals surface area contributed by atoms with Gasteiger partial charge in [-0.2, -0.15) is 5.10 Å². The first-order valence-electron chi connectivity index (χ1n) is 6.79. The number of aryl methyl sites for hydroxylation is 2. The number of carbonyl (C=O) groups excluding carboxylic acids is 1. The molecule has 2 aromatic heterocycles. The summed E-state index contributed by atoms with van der Waals surface area (Å²) in [4.78, 5) is 16.5. The molecule has 0 bridgehead atoms. The highest BCUT2D eigenvalue weighted by Gasteiger charge is 2.12. The number of aromatic amines is 1. The van der Waals surface area contributed by atoms with Crippen LogP contribution >= 0.6 is 11.3 Å². The van der Waals surface area contributed by atoms with E-state index in [1.54, 1.807) is 18.2 Å². The van der Waals surface area contributed by atoms with Crippen molar-refractivity contribution in [3.05, 3.63) is 40.7 Å². The van der Waals surface area contributed by atoms with E-state index in [0.29, 0.717) is 16.5 Å². The molecular formula is C14H14N6OS. The number of nitrogens with zero attached hydrogens (tertiary/aromatic N) is 4. The lowest BCUT2D eigenvalue weighted by atomic mass is 10.1. The zero-order chi connectivity index (χ0) is 15.5. The molecule has 7 nitrogen and oxygen atoms in total. The van der Waals surface area contributed by atoms with Gasteiger partial charge in [-0.25, -0.2) is 4.98 Å². The number of benzene rings is 1. The zero-order valence-electron chi connectivity index (χ0n) is 12.1. The average Bonchev–Trinajstić information content (AvgIpc) is 3.16. The molecule has 0 saturated heterocycles. The van der Waals surface area contributed by atoms with Gasteiger partial charge >= 0.3 is 0 Å². The third kappa shape index (κ3) is 3.01. The molecule has 0 fully saturated rings. The molecular weight excluding hydrogens is 300 g/mol. The number of H-pyrrole nitrogens is 1. The summed E-state index contributed by atoms with van der Waals surface area (Å²) in [5.74, 6) is 1.06. The van der Waals surface area contributed by atoms with Gasteiger partial charge in [0.05, 0.1) is 0 Å². The predicted molar refractivity (Wildman–Crippen MR) is 83.8 cm³/mol. The smallest absolute Gasteiger partial charge is 0.257 e. The Bertz CT molecular complexity index is 809. The largest absolute Gasteiger partial charge is 0.296 e. The monoisotopic (exact) mass is 314 g/mol. The highest BCUT2D eigenvalue weighted by molar-refractivity contribution is 7.15. The lowest BCUT2D eigenvalue weighted by Gasteiger charge is -2.02. The normalized spacial score (nSPS) is 10.6. The van der Waals surface area contributed by atoms with E-state index in [1.807, 2.05) is 19.9 Å². The number of amides is 1. The van der Waals surface area contributed by atoms with Crippen LogP contribution in [0.4, 0.5) is 5.13 Å². The first-order chi connectivity index (χ1) is 10.7. The van der Waals surface area contributed by atoms with E-state index >= 15 is 0 Å².